The summed E-state index contributed by atoms with van der Waals surface area (Å²) in [5, 5.41) is -0.0164. The maximum absolute atomic E-state index is 13.6. The molecule has 2 aromatic rings. The number of fused-ring (bicyclic) bond motifs is 1. The summed E-state index contributed by atoms with van der Waals surface area (Å²) in [6, 6.07) is 3.65. The molecule has 1 aromatic carbocycles. The smallest absolute Gasteiger partial charge is 0.337 e. The molecule has 0 aliphatic carbocycles. The summed E-state index contributed by atoms with van der Waals surface area (Å²) in [6.07, 6.45) is -4.71. The van der Waals surface area contributed by atoms with Gasteiger partial charge in [0.2, 0.25) is 0 Å². The fourth-order valence-electron chi connectivity index (χ4n) is 2.15. The van der Waals surface area contributed by atoms with Gasteiger partial charge in [-0.1, -0.05) is 12.1 Å². The van der Waals surface area contributed by atoms with Crippen molar-refractivity contribution in [2.24, 2.45) is 7.05 Å². The molecular formula is C12H9F4NO. The van der Waals surface area contributed by atoms with Crippen LogP contribution in [0.1, 0.15) is 23.0 Å². The Labute approximate surface area is 99.8 Å². The fraction of sp³-hybridized carbons (Fsp3) is 0.250. The molecule has 6 heteroatoms. The van der Waals surface area contributed by atoms with E-state index in [4.69, 9.17) is 0 Å². The standard InChI is InChI=1S/C12H9F4NO/c1-6(18)9-7-4-3-5-8(13)10(7)17(2)11(9)12(14,15)16/h3-5H,1-2H3. The highest BCUT2D eigenvalue weighted by atomic mass is 19.4. The Morgan fingerprint density at radius 1 is 1.28 bits per heavy atom. The van der Waals surface area contributed by atoms with Gasteiger partial charge in [-0.3, -0.25) is 4.79 Å². The molecule has 2 nitrogen and oxygen atoms in total. The number of carbonyl (C=O) groups excluding carboxylic acids is 1. The van der Waals surface area contributed by atoms with Crippen molar-refractivity contribution in [3.05, 3.63) is 35.3 Å². The highest BCUT2D eigenvalue weighted by Gasteiger charge is 2.40. The molecule has 0 aliphatic heterocycles. The van der Waals surface area contributed by atoms with E-state index in [-0.39, 0.29) is 10.9 Å². The molecule has 0 bridgehead atoms. The van der Waals surface area contributed by atoms with E-state index in [1.54, 1.807) is 0 Å². The molecule has 0 aliphatic rings. The largest absolute Gasteiger partial charge is 0.432 e. The van der Waals surface area contributed by atoms with Crippen LogP contribution in [-0.2, 0) is 13.2 Å². The van der Waals surface area contributed by atoms with Gasteiger partial charge in [0.05, 0.1) is 11.1 Å². The molecule has 0 saturated heterocycles. The predicted molar refractivity (Wildman–Crippen MR) is 57.9 cm³/mol. The number of rotatable bonds is 1. The minimum absolute atomic E-state index is 0.0164. The van der Waals surface area contributed by atoms with Gasteiger partial charge in [0, 0.05) is 12.4 Å². The number of nitrogens with zero attached hydrogens (tertiary/aromatic N) is 1. The summed E-state index contributed by atoms with van der Waals surface area (Å²) in [5.41, 5.74) is -1.82. The zero-order chi connectivity index (χ0) is 13.7. The molecule has 2 rings (SSSR count). The maximum atomic E-state index is 13.6. The average Bonchev–Trinajstić information content (AvgIpc) is 2.52. The molecule has 0 spiro atoms. The van der Waals surface area contributed by atoms with Gasteiger partial charge < -0.3 is 4.57 Å². The molecule has 0 N–H and O–H groups in total. The quantitative estimate of drug-likeness (QED) is 0.567. The van der Waals surface area contributed by atoms with E-state index >= 15 is 0 Å². The fourth-order valence-corrected chi connectivity index (χ4v) is 2.15. The Hall–Kier alpha value is -1.85. The minimum Gasteiger partial charge on any atom is -0.337 e. The Morgan fingerprint density at radius 2 is 1.89 bits per heavy atom. The van der Waals surface area contributed by atoms with Gasteiger partial charge in [-0.05, 0) is 13.0 Å². The van der Waals surface area contributed by atoms with Gasteiger partial charge >= 0.3 is 6.18 Å². The van der Waals surface area contributed by atoms with Crippen LogP contribution >= 0.6 is 0 Å². The second-order valence-corrected chi connectivity index (χ2v) is 3.97. The van der Waals surface area contributed by atoms with E-state index in [0.717, 1.165) is 20.0 Å². The van der Waals surface area contributed by atoms with Crippen molar-refractivity contribution < 1.29 is 22.4 Å². The van der Waals surface area contributed by atoms with E-state index in [9.17, 15) is 22.4 Å². The zero-order valence-corrected chi connectivity index (χ0v) is 9.60. The Morgan fingerprint density at radius 3 is 2.39 bits per heavy atom. The Kier molecular flexibility index (Phi) is 2.68. The Balaban J connectivity index is 3.02. The maximum Gasteiger partial charge on any atom is 0.432 e. The summed E-state index contributed by atoms with van der Waals surface area (Å²) in [6.45, 7) is 1.04. The van der Waals surface area contributed by atoms with Crippen LogP contribution in [-0.4, -0.2) is 10.4 Å². The van der Waals surface area contributed by atoms with Crippen molar-refractivity contribution in [1.82, 2.24) is 4.57 Å². The first-order chi connectivity index (χ1) is 8.25. The average molecular weight is 259 g/mol. The third kappa shape index (κ3) is 1.68. The molecule has 0 amide bonds. The minimum atomic E-state index is -4.71. The summed E-state index contributed by atoms with van der Waals surface area (Å²) in [7, 11) is 1.10. The van der Waals surface area contributed by atoms with E-state index in [1.807, 2.05) is 0 Å². The SMILES string of the molecule is CC(=O)c1c(C(F)(F)F)n(C)c2c(F)cccc12. The number of aryl methyl sites for hydroxylation is 1. The number of benzene rings is 1. The van der Waals surface area contributed by atoms with E-state index in [2.05, 4.69) is 0 Å². The van der Waals surface area contributed by atoms with Gasteiger partial charge in [-0.15, -0.1) is 0 Å². The number of halogens is 4. The molecule has 0 saturated carbocycles. The van der Waals surface area contributed by atoms with Crippen LogP contribution in [0.25, 0.3) is 10.9 Å². The summed E-state index contributed by atoms with van der Waals surface area (Å²) in [5.74, 6) is -1.52. The van der Waals surface area contributed by atoms with Gasteiger partial charge in [-0.2, -0.15) is 13.2 Å². The van der Waals surface area contributed by atoms with E-state index in [1.165, 1.54) is 12.1 Å². The first-order valence-electron chi connectivity index (χ1n) is 5.10. The highest BCUT2D eigenvalue weighted by molar-refractivity contribution is 6.08. The van der Waals surface area contributed by atoms with Crippen molar-refractivity contribution >= 4 is 16.7 Å². The lowest BCUT2D eigenvalue weighted by molar-refractivity contribution is -0.143. The van der Waals surface area contributed by atoms with Crippen LogP contribution in [0.4, 0.5) is 17.6 Å². The van der Waals surface area contributed by atoms with Crippen molar-refractivity contribution in [2.75, 3.05) is 0 Å². The number of para-hydroxylation sites is 1. The van der Waals surface area contributed by atoms with Crippen LogP contribution in [0, 0.1) is 5.82 Å². The van der Waals surface area contributed by atoms with E-state index < -0.39 is 29.0 Å². The lowest BCUT2D eigenvalue weighted by Gasteiger charge is -2.09. The number of carbonyl (C=O) groups is 1. The van der Waals surface area contributed by atoms with Crippen molar-refractivity contribution in [1.29, 1.82) is 0 Å². The molecule has 0 atom stereocenters. The van der Waals surface area contributed by atoms with Gasteiger partial charge in [0.1, 0.15) is 11.5 Å². The number of hydrogen-bond acceptors (Lipinski definition) is 1. The second-order valence-electron chi connectivity index (χ2n) is 3.97. The molecular weight excluding hydrogens is 250 g/mol. The monoisotopic (exact) mass is 259 g/mol. The number of alkyl halides is 3. The molecule has 0 unspecified atom stereocenters. The van der Waals surface area contributed by atoms with Crippen LogP contribution in [0.3, 0.4) is 0 Å². The van der Waals surface area contributed by atoms with Gasteiger partial charge in [-0.25, -0.2) is 4.39 Å². The third-order valence-electron chi connectivity index (χ3n) is 2.78. The van der Waals surface area contributed by atoms with Gasteiger partial charge in [0.25, 0.3) is 0 Å². The number of ketones is 1. The number of aromatic nitrogens is 1. The van der Waals surface area contributed by atoms with Crippen molar-refractivity contribution in [2.45, 2.75) is 13.1 Å². The molecule has 0 fully saturated rings. The molecule has 18 heavy (non-hydrogen) atoms. The first-order valence-corrected chi connectivity index (χ1v) is 5.10. The summed E-state index contributed by atoms with van der Waals surface area (Å²) >= 11 is 0. The summed E-state index contributed by atoms with van der Waals surface area (Å²) < 4.78 is 53.1. The highest BCUT2D eigenvalue weighted by Crippen LogP contribution is 2.38. The number of Topliss-reactive ketones (excluding diaryl/α,β-unsaturated/α-hetero) is 1. The van der Waals surface area contributed by atoms with Crippen molar-refractivity contribution in [3.63, 3.8) is 0 Å². The van der Waals surface area contributed by atoms with E-state index in [0.29, 0.717) is 4.57 Å². The van der Waals surface area contributed by atoms with Crippen LogP contribution in [0.15, 0.2) is 18.2 Å². The topological polar surface area (TPSA) is 22.0 Å². The van der Waals surface area contributed by atoms with Gasteiger partial charge in [0.15, 0.2) is 5.78 Å². The number of hydrogen-bond donors (Lipinski definition) is 0. The lowest BCUT2D eigenvalue weighted by atomic mass is 10.1. The lowest BCUT2D eigenvalue weighted by Crippen LogP contribution is -2.15. The molecule has 1 heterocycles. The normalized spacial score (nSPS) is 12.1. The molecule has 0 radical (unpaired) electrons. The second kappa shape index (κ2) is 3.83. The van der Waals surface area contributed by atoms with Crippen LogP contribution < -0.4 is 0 Å². The van der Waals surface area contributed by atoms with Crippen molar-refractivity contribution in [3.8, 4) is 0 Å². The molecule has 96 valence electrons. The summed E-state index contributed by atoms with van der Waals surface area (Å²) in [4.78, 5) is 11.4. The van der Waals surface area contributed by atoms with Crippen LogP contribution in [0.2, 0.25) is 0 Å². The first kappa shape index (κ1) is 12.6. The third-order valence-corrected chi connectivity index (χ3v) is 2.78. The van der Waals surface area contributed by atoms with Crippen LogP contribution in [0.5, 0.6) is 0 Å². The predicted octanol–water partition coefficient (Wildman–Crippen LogP) is 3.54. The Bertz CT molecular complexity index is 640. The zero-order valence-electron chi connectivity index (χ0n) is 9.60. The molecule has 1 aromatic heterocycles.